The lowest BCUT2D eigenvalue weighted by atomic mass is 9.97. The Hall–Kier alpha value is -2.10. The Morgan fingerprint density at radius 1 is 1.24 bits per heavy atom. The van der Waals surface area contributed by atoms with Gasteiger partial charge in [-0.2, -0.15) is 4.68 Å². The van der Waals surface area contributed by atoms with E-state index in [1.54, 1.807) is 14.2 Å². The fraction of sp³-hybridized carbons (Fsp3) is 0.550. The van der Waals surface area contributed by atoms with E-state index in [1.807, 2.05) is 25.1 Å². The highest BCUT2D eigenvalue weighted by molar-refractivity contribution is 8.00. The van der Waals surface area contributed by atoms with Gasteiger partial charge in [-0.15, -0.1) is 5.10 Å². The van der Waals surface area contributed by atoms with Gasteiger partial charge in [-0.3, -0.25) is 9.69 Å². The third kappa shape index (κ3) is 3.74. The van der Waals surface area contributed by atoms with Crippen LogP contribution in [0.15, 0.2) is 23.4 Å². The van der Waals surface area contributed by atoms with E-state index in [0.29, 0.717) is 41.7 Å². The smallest absolute Gasteiger partial charge is 0.264 e. The van der Waals surface area contributed by atoms with E-state index in [1.165, 1.54) is 16.4 Å². The van der Waals surface area contributed by atoms with E-state index in [4.69, 9.17) is 9.47 Å². The lowest BCUT2D eigenvalue weighted by Gasteiger charge is -2.38. The third-order valence-corrected chi connectivity index (χ3v) is 6.74. The predicted molar refractivity (Wildman–Crippen MR) is 109 cm³/mol. The normalized spacial score (nSPS) is 21.2. The van der Waals surface area contributed by atoms with Crippen molar-refractivity contribution >= 4 is 17.7 Å². The number of aryl methyl sites for hydroxylation is 1. The molecule has 156 valence electrons. The number of benzene rings is 1. The summed E-state index contributed by atoms with van der Waals surface area (Å²) in [5, 5.41) is 14.6. The molecular weight excluding hydrogens is 392 g/mol. The maximum Gasteiger partial charge on any atom is 0.264 e. The molecule has 1 aromatic carbocycles. The first-order chi connectivity index (χ1) is 14.0. The zero-order chi connectivity index (χ0) is 20.5. The van der Waals surface area contributed by atoms with E-state index in [9.17, 15) is 9.90 Å². The number of rotatable bonds is 6. The molecule has 2 aromatic rings. The van der Waals surface area contributed by atoms with Gasteiger partial charge < -0.3 is 14.6 Å². The number of hydrogen-bond donors (Lipinski definition) is 1. The summed E-state index contributed by atoms with van der Waals surface area (Å²) in [6.45, 7) is 3.42. The van der Waals surface area contributed by atoms with Crippen molar-refractivity contribution in [2.45, 2.75) is 48.7 Å². The van der Waals surface area contributed by atoms with Gasteiger partial charge in [0.05, 0.1) is 26.4 Å². The zero-order valence-corrected chi connectivity index (χ0v) is 17.7. The second-order valence-electron chi connectivity index (χ2n) is 7.28. The van der Waals surface area contributed by atoms with Gasteiger partial charge in [-0.05, 0) is 30.5 Å². The van der Waals surface area contributed by atoms with Crippen LogP contribution in [0.1, 0.15) is 42.0 Å². The van der Waals surface area contributed by atoms with Crippen LogP contribution in [-0.4, -0.2) is 69.3 Å². The molecule has 1 N–H and O–H groups in total. The van der Waals surface area contributed by atoms with E-state index >= 15 is 0 Å². The molecule has 0 spiro atoms. The lowest BCUT2D eigenvalue weighted by Crippen LogP contribution is -2.44. The monoisotopic (exact) mass is 418 g/mol. The molecule has 0 bridgehead atoms. The highest BCUT2D eigenvalue weighted by Gasteiger charge is 2.43. The van der Waals surface area contributed by atoms with Crippen LogP contribution in [0, 0.1) is 0 Å². The molecule has 1 fully saturated rings. The standard InChI is InChI=1S/C20H26N4O4S/c1-4-16-21-20-24(22-16)19(26)18(29-20)17(23-9-7-13(25)8-10-23)12-5-6-14(27-2)15(11-12)28-3/h5-6,11,13,17-18,25H,4,7-10H2,1-3H3. The number of hydrogen-bond acceptors (Lipinski definition) is 8. The van der Waals surface area contributed by atoms with Crippen molar-refractivity contribution in [1.82, 2.24) is 19.7 Å². The zero-order valence-electron chi connectivity index (χ0n) is 16.9. The molecule has 0 radical (unpaired) electrons. The van der Waals surface area contributed by atoms with Gasteiger partial charge in [-0.1, -0.05) is 24.8 Å². The topological polar surface area (TPSA) is 89.7 Å². The molecule has 3 heterocycles. The third-order valence-electron chi connectivity index (χ3n) is 5.55. The SMILES string of the molecule is CCc1nc2n(n1)C(=O)C(C(c1ccc(OC)c(OC)c1)N1CCC(O)CC1)S2. The number of nitrogens with zero attached hydrogens (tertiary/aromatic N) is 4. The van der Waals surface area contributed by atoms with E-state index in [2.05, 4.69) is 15.0 Å². The Balaban J connectivity index is 1.70. The average molecular weight is 419 g/mol. The Labute approximate surface area is 174 Å². The van der Waals surface area contributed by atoms with Crippen LogP contribution in [0.2, 0.25) is 0 Å². The first-order valence-corrected chi connectivity index (χ1v) is 10.7. The number of carbonyl (C=O) groups excluding carboxylic acids is 1. The maximum absolute atomic E-state index is 13.2. The van der Waals surface area contributed by atoms with E-state index < -0.39 is 0 Å². The van der Waals surface area contributed by atoms with Crippen LogP contribution in [0.25, 0.3) is 0 Å². The molecule has 2 atom stereocenters. The predicted octanol–water partition coefficient (Wildman–Crippen LogP) is 2.17. The molecule has 4 rings (SSSR count). The molecule has 0 aliphatic carbocycles. The first-order valence-electron chi connectivity index (χ1n) is 9.86. The summed E-state index contributed by atoms with van der Waals surface area (Å²) in [5.41, 5.74) is 0.978. The number of piperidine rings is 1. The van der Waals surface area contributed by atoms with E-state index in [0.717, 1.165) is 18.7 Å². The highest BCUT2D eigenvalue weighted by atomic mass is 32.2. The summed E-state index contributed by atoms with van der Waals surface area (Å²) in [6, 6.07) is 5.62. The molecule has 0 saturated carbocycles. The van der Waals surface area contributed by atoms with Crippen molar-refractivity contribution in [3.63, 3.8) is 0 Å². The van der Waals surface area contributed by atoms with Crippen molar-refractivity contribution in [3.8, 4) is 11.5 Å². The van der Waals surface area contributed by atoms with Gasteiger partial charge in [0.1, 0.15) is 5.25 Å². The van der Waals surface area contributed by atoms with Crippen LogP contribution >= 0.6 is 11.8 Å². The highest BCUT2D eigenvalue weighted by Crippen LogP contribution is 2.43. The minimum Gasteiger partial charge on any atom is -0.493 e. The molecule has 2 aliphatic heterocycles. The number of likely N-dealkylation sites (tertiary alicyclic amines) is 1. The van der Waals surface area contributed by atoms with Gasteiger partial charge in [0, 0.05) is 19.5 Å². The second kappa shape index (κ2) is 8.33. The molecule has 1 saturated heterocycles. The minimum atomic E-state index is -0.357. The summed E-state index contributed by atoms with van der Waals surface area (Å²) in [4.78, 5) is 20.0. The summed E-state index contributed by atoms with van der Waals surface area (Å²) in [6.07, 6.45) is 1.80. The average Bonchev–Trinajstić information content (AvgIpc) is 3.28. The Kier molecular flexibility index (Phi) is 5.80. The summed E-state index contributed by atoms with van der Waals surface area (Å²) in [5.74, 6) is 1.91. The maximum atomic E-state index is 13.2. The number of carbonyl (C=O) groups is 1. The Morgan fingerprint density at radius 2 is 1.97 bits per heavy atom. The number of methoxy groups -OCH3 is 2. The van der Waals surface area contributed by atoms with Gasteiger partial charge in [0.15, 0.2) is 22.5 Å². The van der Waals surface area contributed by atoms with Crippen molar-refractivity contribution in [2.24, 2.45) is 0 Å². The van der Waals surface area contributed by atoms with Crippen molar-refractivity contribution in [2.75, 3.05) is 27.3 Å². The Morgan fingerprint density at radius 3 is 2.59 bits per heavy atom. The molecule has 9 heteroatoms. The molecule has 8 nitrogen and oxygen atoms in total. The van der Waals surface area contributed by atoms with Gasteiger partial charge in [0.2, 0.25) is 0 Å². The van der Waals surface area contributed by atoms with Crippen molar-refractivity contribution in [3.05, 3.63) is 29.6 Å². The largest absolute Gasteiger partial charge is 0.493 e. The van der Waals surface area contributed by atoms with Gasteiger partial charge >= 0.3 is 0 Å². The van der Waals surface area contributed by atoms with Crippen LogP contribution in [0.4, 0.5) is 0 Å². The van der Waals surface area contributed by atoms with Crippen LogP contribution in [0.3, 0.4) is 0 Å². The number of ether oxygens (including phenoxy) is 2. The van der Waals surface area contributed by atoms with Crippen molar-refractivity contribution in [1.29, 1.82) is 0 Å². The molecule has 1 aromatic heterocycles. The molecule has 2 aliphatic rings. The van der Waals surface area contributed by atoms with E-state index in [-0.39, 0.29) is 23.3 Å². The van der Waals surface area contributed by atoms with Crippen LogP contribution in [-0.2, 0) is 6.42 Å². The molecular formula is C20H26N4O4S. The quantitative estimate of drug-likeness (QED) is 0.763. The fourth-order valence-corrected chi connectivity index (χ4v) is 5.24. The summed E-state index contributed by atoms with van der Waals surface area (Å²) < 4.78 is 12.3. The van der Waals surface area contributed by atoms with Crippen molar-refractivity contribution < 1.29 is 19.4 Å². The van der Waals surface area contributed by atoms with Crippen LogP contribution in [0.5, 0.6) is 11.5 Å². The number of aliphatic hydroxyl groups is 1. The molecule has 0 amide bonds. The van der Waals surface area contributed by atoms with Crippen LogP contribution < -0.4 is 9.47 Å². The minimum absolute atomic E-state index is 0.0527. The summed E-state index contributed by atoms with van der Waals surface area (Å²) in [7, 11) is 3.21. The van der Waals surface area contributed by atoms with Gasteiger partial charge in [0.25, 0.3) is 5.91 Å². The second-order valence-corrected chi connectivity index (χ2v) is 8.39. The number of thioether (sulfide) groups is 1. The summed E-state index contributed by atoms with van der Waals surface area (Å²) >= 11 is 1.46. The number of aliphatic hydroxyl groups excluding tert-OH is 1. The van der Waals surface area contributed by atoms with Gasteiger partial charge in [-0.25, -0.2) is 4.98 Å². The first kappa shape index (κ1) is 20.2. The molecule has 29 heavy (non-hydrogen) atoms. The molecule has 2 unspecified atom stereocenters. The Bertz CT molecular complexity index is 895. The fourth-order valence-electron chi connectivity index (χ4n) is 3.97. The lowest BCUT2D eigenvalue weighted by molar-refractivity contribution is 0.0551. The number of aromatic nitrogens is 3. The number of fused-ring (bicyclic) bond motifs is 1.